The van der Waals surface area contributed by atoms with E-state index in [0.29, 0.717) is 16.1 Å². The molecular weight excluding hydrogens is 298 g/mol. The highest BCUT2D eigenvalue weighted by Gasteiger charge is 2.11. The van der Waals surface area contributed by atoms with Gasteiger partial charge in [-0.05, 0) is 38.1 Å². The predicted octanol–water partition coefficient (Wildman–Crippen LogP) is 3.86. The van der Waals surface area contributed by atoms with Crippen molar-refractivity contribution in [3.63, 3.8) is 0 Å². The summed E-state index contributed by atoms with van der Waals surface area (Å²) in [6.45, 7) is 3.42. The van der Waals surface area contributed by atoms with E-state index in [2.05, 4.69) is 5.32 Å². The zero-order valence-electron chi connectivity index (χ0n) is 12.5. The first-order chi connectivity index (χ1) is 10.5. The van der Waals surface area contributed by atoms with Crippen LogP contribution in [0.1, 0.15) is 44.7 Å². The van der Waals surface area contributed by atoms with Crippen molar-refractivity contribution in [2.75, 3.05) is 5.32 Å². The Morgan fingerprint density at radius 1 is 1.09 bits per heavy atom. The van der Waals surface area contributed by atoms with Gasteiger partial charge in [0.1, 0.15) is 0 Å². The van der Waals surface area contributed by atoms with Crippen molar-refractivity contribution in [3.8, 4) is 0 Å². The molecule has 0 saturated carbocycles. The molecule has 0 atom stereocenters. The molecule has 0 bridgehead atoms. The Balaban J connectivity index is 1.89. The van der Waals surface area contributed by atoms with Crippen molar-refractivity contribution in [2.45, 2.75) is 26.7 Å². The van der Waals surface area contributed by atoms with E-state index in [0.717, 1.165) is 4.88 Å². The lowest BCUT2D eigenvalue weighted by Gasteiger charge is -2.06. The van der Waals surface area contributed by atoms with E-state index >= 15 is 0 Å². The molecule has 22 heavy (non-hydrogen) atoms. The van der Waals surface area contributed by atoms with Crippen LogP contribution in [0.25, 0.3) is 0 Å². The van der Waals surface area contributed by atoms with Crippen molar-refractivity contribution >= 4 is 34.5 Å². The van der Waals surface area contributed by atoms with Crippen molar-refractivity contribution in [1.82, 2.24) is 0 Å². The standard InChI is InChI=1S/C17H17NO3S/c1-11-6-8-16(22-11)15(20)7-9-17(21)18-14-5-3-4-13(10-14)12(2)19/h3-6,8,10H,7,9H2,1-2H3,(H,18,21). The van der Waals surface area contributed by atoms with Gasteiger partial charge in [0.05, 0.1) is 4.88 Å². The average molecular weight is 315 g/mol. The van der Waals surface area contributed by atoms with E-state index in [4.69, 9.17) is 0 Å². The monoisotopic (exact) mass is 315 g/mol. The van der Waals surface area contributed by atoms with Crippen LogP contribution in [0.15, 0.2) is 36.4 Å². The van der Waals surface area contributed by atoms with Crippen LogP contribution in [0.3, 0.4) is 0 Å². The number of anilines is 1. The number of hydrogen-bond donors (Lipinski definition) is 1. The molecule has 5 heteroatoms. The Morgan fingerprint density at radius 3 is 2.50 bits per heavy atom. The molecular formula is C17H17NO3S. The summed E-state index contributed by atoms with van der Waals surface area (Å²) in [5, 5.41) is 2.71. The van der Waals surface area contributed by atoms with Crippen molar-refractivity contribution in [1.29, 1.82) is 0 Å². The van der Waals surface area contributed by atoms with Gasteiger partial charge in [-0.15, -0.1) is 11.3 Å². The molecule has 2 aromatic rings. The molecule has 4 nitrogen and oxygen atoms in total. The summed E-state index contributed by atoms with van der Waals surface area (Å²) < 4.78 is 0. The first kappa shape index (κ1) is 16.1. The number of ketones is 2. The van der Waals surface area contributed by atoms with E-state index in [1.54, 1.807) is 30.3 Å². The molecule has 1 heterocycles. The molecule has 114 valence electrons. The molecule has 1 amide bonds. The summed E-state index contributed by atoms with van der Waals surface area (Å²) in [5.41, 5.74) is 1.11. The van der Waals surface area contributed by atoms with Crippen molar-refractivity contribution in [3.05, 3.63) is 51.7 Å². The topological polar surface area (TPSA) is 63.2 Å². The molecule has 0 spiro atoms. The number of thiophene rings is 1. The predicted molar refractivity (Wildman–Crippen MR) is 87.7 cm³/mol. The van der Waals surface area contributed by atoms with Gasteiger partial charge in [-0.25, -0.2) is 0 Å². The number of nitrogens with one attached hydrogen (secondary N) is 1. The molecule has 0 aliphatic heterocycles. The number of hydrogen-bond acceptors (Lipinski definition) is 4. The maximum Gasteiger partial charge on any atom is 0.224 e. The second kappa shape index (κ2) is 7.13. The van der Waals surface area contributed by atoms with Crippen LogP contribution in [0.2, 0.25) is 0 Å². The maximum absolute atomic E-state index is 11.9. The van der Waals surface area contributed by atoms with E-state index in [-0.39, 0.29) is 30.3 Å². The first-order valence-electron chi connectivity index (χ1n) is 6.96. The summed E-state index contributed by atoms with van der Waals surface area (Å²) in [6, 6.07) is 10.4. The van der Waals surface area contributed by atoms with Crippen molar-refractivity contribution in [2.24, 2.45) is 0 Å². The van der Waals surface area contributed by atoms with E-state index < -0.39 is 0 Å². The number of rotatable bonds is 6. The number of benzene rings is 1. The number of carbonyl (C=O) groups excluding carboxylic acids is 3. The van der Waals surface area contributed by atoms with Gasteiger partial charge in [0.25, 0.3) is 0 Å². The zero-order valence-corrected chi connectivity index (χ0v) is 13.3. The summed E-state index contributed by atoms with van der Waals surface area (Å²) in [6.07, 6.45) is 0.304. The minimum atomic E-state index is -0.234. The van der Waals surface area contributed by atoms with Gasteiger partial charge in [0, 0.05) is 29.0 Å². The molecule has 0 aliphatic rings. The molecule has 0 unspecified atom stereocenters. The maximum atomic E-state index is 11.9. The van der Waals surface area contributed by atoms with Crippen LogP contribution in [0, 0.1) is 6.92 Å². The van der Waals surface area contributed by atoms with Gasteiger partial charge in [-0.1, -0.05) is 12.1 Å². The third-order valence-electron chi connectivity index (χ3n) is 3.15. The Bertz CT molecular complexity index is 718. The minimum Gasteiger partial charge on any atom is -0.326 e. The fraction of sp³-hybridized carbons (Fsp3) is 0.235. The third-order valence-corrected chi connectivity index (χ3v) is 4.19. The molecule has 0 saturated heterocycles. The molecule has 0 aliphatic carbocycles. The second-order valence-corrected chi connectivity index (χ2v) is 6.31. The lowest BCUT2D eigenvalue weighted by atomic mass is 10.1. The zero-order chi connectivity index (χ0) is 16.1. The molecule has 1 aromatic carbocycles. The summed E-state index contributed by atoms with van der Waals surface area (Å²) in [5.74, 6) is -0.313. The van der Waals surface area contributed by atoms with Crippen LogP contribution in [0.5, 0.6) is 0 Å². The number of aryl methyl sites for hydroxylation is 1. The normalized spacial score (nSPS) is 10.3. The van der Waals surface area contributed by atoms with Gasteiger partial charge < -0.3 is 5.32 Å². The van der Waals surface area contributed by atoms with Crippen LogP contribution in [-0.2, 0) is 4.79 Å². The van der Waals surface area contributed by atoms with Crippen LogP contribution >= 0.6 is 11.3 Å². The highest BCUT2D eigenvalue weighted by Crippen LogP contribution is 2.18. The average Bonchev–Trinajstić information content (AvgIpc) is 2.91. The van der Waals surface area contributed by atoms with Gasteiger partial charge in [0.2, 0.25) is 5.91 Å². The van der Waals surface area contributed by atoms with Crippen molar-refractivity contribution < 1.29 is 14.4 Å². The molecule has 2 rings (SSSR count). The Kier molecular flexibility index (Phi) is 5.22. The Hall–Kier alpha value is -2.27. The van der Waals surface area contributed by atoms with Crippen LogP contribution in [-0.4, -0.2) is 17.5 Å². The van der Waals surface area contributed by atoms with Crippen LogP contribution < -0.4 is 5.32 Å². The van der Waals surface area contributed by atoms with E-state index in [1.807, 2.05) is 13.0 Å². The molecule has 0 radical (unpaired) electrons. The fourth-order valence-electron chi connectivity index (χ4n) is 1.97. The second-order valence-electron chi connectivity index (χ2n) is 5.02. The minimum absolute atomic E-state index is 0.0225. The largest absolute Gasteiger partial charge is 0.326 e. The van der Waals surface area contributed by atoms with E-state index in [9.17, 15) is 14.4 Å². The van der Waals surface area contributed by atoms with Gasteiger partial charge in [-0.3, -0.25) is 14.4 Å². The summed E-state index contributed by atoms with van der Waals surface area (Å²) >= 11 is 1.44. The fourth-order valence-corrected chi connectivity index (χ4v) is 2.81. The van der Waals surface area contributed by atoms with Gasteiger partial charge in [-0.2, -0.15) is 0 Å². The molecule has 0 fully saturated rings. The molecule has 1 aromatic heterocycles. The number of carbonyl (C=O) groups is 3. The molecule has 1 N–H and O–H groups in total. The van der Waals surface area contributed by atoms with Gasteiger partial charge in [0.15, 0.2) is 11.6 Å². The number of Topliss-reactive ketones (excluding diaryl/α,β-unsaturated/α-hetero) is 2. The lowest BCUT2D eigenvalue weighted by Crippen LogP contribution is -2.13. The quantitative estimate of drug-likeness (QED) is 0.823. The van der Waals surface area contributed by atoms with Crippen LogP contribution in [0.4, 0.5) is 5.69 Å². The highest BCUT2D eigenvalue weighted by molar-refractivity contribution is 7.14. The SMILES string of the molecule is CC(=O)c1cccc(NC(=O)CCC(=O)c2ccc(C)s2)c1. The number of amides is 1. The van der Waals surface area contributed by atoms with E-state index in [1.165, 1.54) is 18.3 Å². The Morgan fingerprint density at radius 2 is 1.86 bits per heavy atom. The Labute approximate surface area is 133 Å². The smallest absolute Gasteiger partial charge is 0.224 e. The van der Waals surface area contributed by atoms with Gasteiger partial charge >= 0.3 is 0 Å². The first-order valence-corrected chi connectivity index (χ1v) is 7.78. The summed E-state index contributed by atoms with van der Waals surface area (Å²) in [4.78, 5) is 36.9. The third kappa shape index (κ3) is 4.36. The highest BCUT2D eigenvalue weighted by atomic mass is 32.1. The summed E-state index contributed by atoms with van der Waals surface area (Å²) in [7, 11) is 0. The lowest BCUT2D eigenvalue weighted by molar-refractivity contribution is -0.116.